The lowest BCUT2D eigenvalue weighted by Gasteiger charge is -2.02. The summed E-state index contributed by atoms with van der Waals surface area (Å²) in [5.41, 5.74) is 0. The van der Waals surface area contributed by atoms with E-state index in [1.807, 2.05) is 30.3 Å². The molecule has 11 heavy (non-hydrogen) atoms. The molecular formula is C10H13O. The van der Waals surface area contributed by atoms with E-state index >= 15 is 0 Å². The third-order valence-corrected chi connectivity index (χ3v) is 1.40. The maximum atomic E-state index is 5.39. The van der Waals surface area contributed by atoms with Gasteiger partial charge in [0.1, 0.15) is 5.75 Å². The Morgan fingerprint density at radius 1 is 1.27 bits per heavy atom. The Morgan fingerprint density at radius 2 is 2.00 bits per heavy atom. The van der Waals surface area contributed by atoms with E-state index in [2.05, 4.69) is 13.3 Å². The number of hydrogen-bond acceptors (Lipinski definition) is 1. The summed E-state index contributed by atoms with van der Waals surface area (Å²) < 4.78 is 5.39. The summed E-state index contributed by atoms with van der Waals surface area (Å²) in [5, 5.41) is 0. The summed E-state index contributed by atoms with van der Waals surface area (Å²) >= 11 is 0. The van der Waals surface area contributed by atoms with Crippen molar-refractivity contribution in [2.45, 2.75) is 13.3 Å². The molecule has 0 bridgehead atoms. The number of para-hydroxylation sites is 1. The molecule has 0 saturated heterocycles. The van der Waals surface area contributed by atoms with Crippen LogP contribution in [0, 0.1) is 6.42 Å². The highest BCUT2D eigenvalue weighted by molar-refractivity contribution is 5.20. The summed E-state index contributed by atoms with van der Waals surface area (Å²) in [6.07, 6.45) is 3.17. The Kier molecular flexibility index (Phi) is 3.53. The van der Waals surface area contributed by atoms with Crippen molar-refractivity contribution < 1.29 is 4.74 Å². The van der Waals surface area contributed by atoms with Crippen LogP contribution in [0.25, 0.3) is 0 Å². The van der Waals surface area contributed by atoms with Crippen molar-refractivity contribution in [1.29, 1.82) is 0 Å². The van der Waals surface area contributed by atoms with Crippen molar-refractivity contribution in [2.24, 2.45) is 0 Å². The first-order valence-electron chi connectivity index (χ1n) is 3.93. The van der Waals surface area contributed by atoms with E-state index in [0.29, 0.717) is 6.61 Å². The fourth-order valence-electron chi connectivity index (χ4n) is 0.790. The van der Waals surface area contributed by atoms with Crippen molar-refractivity contribution in [2.75, 3.05) is 6.61 Å². The van der Waals surface area contributed by atoms with Gasteiger partial charge in [-0.3, -0.25) is 0 Å². The highest BCUT2D eigenvalue weighted by Crippen LogP contribution is 2.08. The fraction of sp³-hybridized carbons (Fsp3) is 0.300. The van der Waals surface area contributed by atoms with Crippen LogP contribution in [0.1, 0.15) is 13.3 Å². The Hall–Kier alpha value is -0.980. The molecule has 1 aromatic carbocycles. The van der Waals surface area contributed by atoms with Crippen LogP contribution in [0.4, 0.5) is 0 Å². The third kappa shape index (κ3) is 3.08. The predicted molar refractivity (Wildman–Crippen MR) is 46.5 cm³/mol. The van der Waals surface area contributed by atoms with Crippen LogP contribution in [0.15, 0.2) is 30.3 Å². The first kappa shape index (κ1) is 8.12. The summed E-state index contributed by atoms with van der Waals surface area (Å²) in [5.74, 6) is 0.942. The molecule has 59 valence electrons. The quantitative estimate of drug-likeness (QED) is 0.598. The molecule has 0 fully saturated rings. The lowest BCUT2D eigenvalue weighted by atomic mass is 10.3. The zero-order valence-electron chi connectivity index (χ0n) is 6.79. The molecular weight excluding hydrogens is 136 g/mol. The second-order valence-electron chi connectivity index (χ2n) is 2.32. The third-order valence-electron chi connectivity index (χ3n) is 1.40. The zero-order valence-corrected chi connectivity index (χ0v) is 6.79. The fourth-order valence-corrected chi connectivity index (χ4v) is 0.790. The minimum absolute atomic E-state index is 0.709. The van der Waals surface area contributed by atoms with Gasteiger partial charge in [-0.25, -0.2) is 0 Å². The topological polar surface area (TPSA) is 9.23 Å². The molecule has 0 aliphatic rings. The molecule has 0 atom stereocenters. The molecule has 0 saturated carbocycles. The average molecular weight is 149 g/mol. The maximum absolute atomic E-state index is 5.39. The van der Waals surface area contributed by atoms with Crippen molar-refractivity contribution in [3.8, 4) is 5.75 Å². The van der Waals surface area contributed by atoms with E-state index in [1.165, 1.54) is 0 Å². The summed E-state index contributed by atoms with van der Waals surface area (Å²) in [6.45, 7) is 2.81. The Labute approximate surface area is 68.0 Å². The van der Waals surface area contributed by atoms with Gasteiger partial charge >= 0.3 is 0 Å². The second kappa shape index (κ2) is 4.78. The average Bonchev–Trinajstić information content (AvgIpc) is 2.07. The molecule has 0 unspecified atom stereocenters. The lowest BCUT2D eigenvalue weighted by Crippen LogP contribution is -1.96. The van der Waals surface area contributed by atoms with Crippen LogP contribution in [-0.2, 0) is 0 Å². The van der Waals surface area contributed by atoms with Gasteiger partial charge in [-0.05, 0) is 25.0 Å². The van der Waals surface area contributed by atoms with Crippen LogP contribution < -0.4 is 4.74 Å². The molecule has 1 nitrogen and oxygen atoms in total. The van der Waals surface area contributed by atoms with Crippen molar-refractivity contribution in [1.82, 2.24) is 0 Å². The van der Waals surface area contributed by atoms with Crippen LogP contribution >= 0.6 is 0 Å². The van der Waals surface area contributed by atoms with Gasteiger partial charge in [0.25, 0.3) is 0 Å². The van der Waals surface area contributed by atoms with Crippen LogP contribution in [0.3, 0.4) is 0 Å². The van der Waals surface area contributed by atoms with Gasteiger partial charge in [-0.2, -0.15) is 0 Å². The normalized spacial score (nSPS) is 9.55. The van der Waals surface area contributed by atoms with Crippen molar-refractivity contribution in [3.05, 3.63) is 36.8 Å². The molecule has 0 N–H and O–H groups in total. The Bertz CT molecular complexity index is 181. The van der Waals surface area contributed by atoms with Crippen LogP contribution in [0.5, 0.6) is 5.75 Å². The van der Waals surface area contributed by atoms with E-state index in [-0.39, 0.29) is 0 Å². The van der Waals surface area contributed by atoms with Gasteiger partial charge in [0.05, 0.1) is 6.61 Å². The summed E-state index contributed by atoms with van der Waals surface area (Å²) in [6, 6.07) is 9.85. The standard InChI is InChI=1S/C10H13O/c1-2-3-9-11-10-7-5-4-6-8-10/h3-8H,2,9H2,1H3. The van der Waals surface area contributed by atoms with E-state index in [1.54, 1.807) is 0 Å². The van der Waals surface area contributed by atoms with Gasteiger partial charge in [-0.15, -0.1) is 0 Å². The molecule has 0 heterocycles. The lowest BCUT2D eigenvalue weighted by molar-refractivity contribution is 0.345. The molecule has 0 spiro atoms. The van der Waals surface area contributed by atoms with Crippen LogP contribution in [-0.4, -0.2) is 6.61 Å². The van der Waals surface area contributed by atoms with Gasteiger partial charge < -0.3 is 4.74 Å². The first-order chi connectivity index (χ1) is 5.43. The highest BCUT2D eigenvalue weighted by atomic mass is 16.5. The van der Waals surface area contributed by atoms with E-state index in [9.17, 15) is 0 Å². The SMILES string of the molecule is CC[CH]COc1ccccc1. The summed E-state index contributed by atoms with van der Waals surface area (Å²) in [4.78, 5) is 0. The Balaban J connectivity index is 2.28. The maximum Gasteiger partial charge on any atom is 0.119 e. The number of benzene rings is 1. The first-order valence-corrected chi connectivity index (χ1v) is 3.93. The smallest absolute Gasteiger partial charge is 0.119 e. The minimum Gasteiger partial charge on any atom is -0.493 e. The molecule has 1 heteroatoms. The minimum atomic E-state index is 0.709. The molecule has 0 amide bonds. The van der Waals surface area contributed by atoms with Crippen molar-refractivity contribution >= 4 is 0 Å². The molecule has 1 aromatic rings. The predicted octanol–water partition coefficient (Wildman–Crippen LogP) is 2.68. The van der Waals surface area contributed by atoms with E-state index < -0.39 is 0 Å². The van der Waals surface area contributed by atoms with E-state index in [4.69, 9.17) is 4.74 Å². The Morgan fingerprint density at radius 3 is 2.64 bits per heavy atom. The van der Waals surface area contributed by atoms with E-state index in [0.717, 1.165) is 12.2 Å². The molecule has 0 aliphatic carbocycles. The van der Waals surface area contributed by atoms with Gasteiger partial charge in [0.2, 0.25) is 0 Å². The molecule has 1 radical (unpaired) electrons. The number of hydrogen-bond donors (Lipinski definition) is 0. The van der Waals surface area contributed by atoms with Crippen LogP contribution in [0.2, 0.25) is 0 Å². The highest BCUT2D eigenvalue weighted by Gasteiger charge is 1.88. The zero-order chi connectivity index (χ0) is 7.94. The molecule has 0 aliphatic heterocycles. The number of rotatable bonds is 4. The van der Waals surface area contributed by atoms with Gasteiger partial charge in [0.15, 0.2) is 0 Å². The molecule has 0 aromatic heterocycles. The monoisotopic (exact) mass is 149 g/mol. The number of ether oxygens (including phenoxy) is 1. The largest absolute Gasteiger partial charge is 0.493 e. The van der Waals surface area contributed by atoms with Gasteiger partial charge in [-0.1, -0.05) is 25.1 Å². The number of unbranched alkanes of at least 4 members (excludes halogenated alkanes) is 1. The second-order valence-corrected chi connectivity index (χ2v) is 2.32. The van der Waals surface area contributed by atoms with Gasteiger partial charge in [0, 0.05) is 0 Å². The van der Waals surface area contributed by atoms with Crippen molar-refractivity contribution in [3.63, 3.8) is 0 Å². The molecule has 1 rings (SSSR count). The summed E-state index contributed by atoms with van der Waals surface area (Å²) in [7, 11) is 0.